The fourth-order valence-corrected chi connectivity index (χ4v) is 6.34. The van der Waals surface area contributed by atoms with E-state index in [2.05, 4.69) is 29.4 Å². The molecule has 4 fully saturated rings. The SMILES string of the molecule is CN1CCC(c2ccc(C(=O)N[C@H](C(=O)N3CC[C@H]4OCC(=O)[C@@H]43)C3CCCCC3)cc2)CC1. The number of carbonyl (C=O) groups is 3. The number of piperidine rings is 1. The van der Waals surface area contributed by atoms with Crippen LogP contribution in [0.25, 0.3) is 0 Å². The molecule has 3 heterocycles. The predicted octanol–water partition coefficient (Wildman–Crippen LogP) is 2.74. The molecule has 0 aromatic heterocycles. The van der Waals surface area contributed by atoms with Gasteiger partial charge in [0.2, 0.25) is 5.91 Å². The zero-order valence-electron chi connectivity index (χ0n) is 20.2. The summed E-state index contributed by atoms with van der Waals surface area (Å²) >= 11 is 0. The van der Waals surface area contributed by atoms with Crippen molar-refractivity contribution in [3.05, 3.63) is 35.4 Å². The third kappa shape index (κ3) is 4.78. The number of carbonyl (C=O) groups excluding carboxylic acids is 3. The van der Waals surface area contributed by atoms with Crippen LogP contribution in [0.3, 0.4) is 0 Å². The molecule has 3 saturated heterocycles. The second-order valence-electron chi connectivity index (χ2n) is 10.6. The summed E-state index contributed by atoms with van der Waals surface area (Å²) in [6.45, 7) is 2.81. The first-order chi connectivity index (χ1) is 16.5. The van der Waals surface area contributed by atoms with E-state index >= 15 is 0 Å². The highest BCUT2D eigenvalue weighted by Crippen LogP contribution is 2.32. The zero-order chi connectivity index (χ0) is 23.7. The third-order valence-electron chi connectivity index (χ3n) is 8.43. The van der Waals surface area contributed by atoms with Gasteiger partial charge < -0.3 is 19.9 Å². The summed E-state index contributed by atoms with van der Waals surface area (Å²) in [7, 11) is 2.16. The standard InChI is InChI=1S/C27H37N3O4/c1-29-14-11-19(12-15-29)18-7-9-21(10-8-18)26(32)28-24(20-5-3-2-4-6-20)27(33)30-16-13-23-25(30)22(31)17-34-23/h7-10,19-20,23-25H,2-6,11-17H2,1H3,(H,28,32)/t23-,24+,25+/m1/s1. The molecule has 0 radical (unpaired) electrons. The van der Waals surface area contributed by atoms with Gasteiger partial charge in [0, 0.05) is 12.1 Å². The average molecular weight is 468 g/mol. The Morgan fingerprint density at radius 1 is 0.971 bits per heavy atom. The average Bonchev–Trinajstić information content (AvgIpc) is 3.46. The number of Topliss-reactive ketones (excluding diaryl/α,β-unsaturated/α-hetero) is 1. The maximum absolute atomic E-state index is 13.7. The van der Waals surface area contributed by atoms with Crippen molar-refractivity contribution in [3.8, 4) is 0 Å². The second kappa shape index (κ2) is 10.2. The fourth-order valence-electron chi connectivity index (χ4n) is 6.34. The Morgan fingerprint density at radius 3 is 2.38 bits per heavy atom. The Bertz CT molecular complexity index is 903. The van der Waals surface area contributed by atoms with Gasteiger partial charge in [-0.15, -0.1) is 0 Å². The largest absolute Gasteiger partial charge is 0.368 e. The molecule has 0 bridgehead atoms. The minimum absolute atomic E-state index is 0.0194. The molecule has 7 nitrogen and oxygen atoms in total. The molecule has 5 rings (SSSR count). The Hall–Kier alpha value is -2.25. The molecule has 0 spiro atoms. The Morgan fingerprint density at radius 2 is 1.68 bits per heavy atom. The van der Waals surface area contributed by atoms with Crippen molar-refractivity contribution in [2.24, 2.45) is 5.92 Å². The number of rotatable bonds is 5. The van der Waals surface area contributed by atoms with Gasteiger partial charge in [-0.3, -0.25) is 14.4 Å². The molecule has 7 heteroatoms. The van der Waals surface area contributed by atoms with Crippen LogP contribution in [0, 0.1) is 5.92 Å². The van der Waals surface area contributed by atoms with Gasteiger partial charge in [0.05, 0.1) is 6.10 Å². The molecule has 1 aromatic carbocycles. The Balaban J connectivity index is 1.29. The van der Waals surface area contributed by atoms with E-state index in [1.54, 1.807) is 4.90 Å². The molecule has 3 aliphatic heterocycles. The molecular formula is C27H37N3O4. The molecule has 3 atom stereocenters. The Labute approximate surface area is 202 Å². The van der Waals surface area contributed by atoms with Gasteiger partial charge in [-0.1, -0.05) is 31.4 Å². The van der Waals surface area contributed by atoms with E-state index in [1.165, 1.54) is 12.0 Å². The lowest BCUT2D eigenvalue weighted by atomic mass is 9.83. The first-order valence-corrected chi connectivity index (χ1v) is 13.1. The molecule has 4 aliphatic rings. The summed E-state index contributed by atoms with van der Waals surface area (Å²) in [6.07, 6.45) is 7.95. The number of amides is 2. The van der Waals surface area contributed by atoms with Gasteiger partial charge in [-0.25, -0.2) is 0 Å². The number of hydrogen-bond acceptors (Lipinski definition) is 5. The Kier molecular flexibility index (Phi) is 7.02. The normalized spacial score (nSPS) is 27.6. The van der Waals surface area contributed by atoms with Crippen LogP contribution in [0.2, 0.25) is 0 Å². The van der Waals surface area contributed by atoms with Crippen LogP contribution in [0.4, 0.5) is 0 Å². The van der Waals surface area contributed by atoms with Crippen molar-refractivity contribution in [2.45, 2.75) is 75.5 Å². The summed E-state index contributed by atoms with van der Waals surface area (Å²) in [5, 5.41) is 3.09. The number of fused-ring (bicyclic) bond motifs is 1. The zero-order valence-corrected chi connectivity index (χ0v) is 20.2. The molecule has 184 valence electrons. The van der Waals surface area contributed by atoms with E-state index in [1.807, 2.05) is 12.1 Å². The maximum atomic E-state index is 13.7. The summed E-state index contributed by atoms with van der Waals surface area (Å²) in [6, 6.07) is 6.86. The van der Waals surface area contributed by atoms with E-state index in [0.717, 1.165) is 51.6 Å². The quantitative estimate of drug-likeness (QED) is 0.721. The van der Waals surface area contributed by atoms with Crippen LogP contribution in [0.15, 0.2) is 24.3 Å². The van der Waals surface area contributed by atoms with Crippen molar-refractivity contribution < 1.29 is 19.1 Å². The van der Waals surface area contributed by atoms with Gasteiger partial charge in [0.15, 0.2) is 5.78 Å². The van der Waals surface area contributed by atoms with Crippen LogP contribution in [-0.2, 0) is 14.3 Å². The van der Waals surface area contributed by atoms with Crippen molar-refractivity contribution in [1.82, 2.24) is 15.1 Å². The van der Waals surface area contributed by atoms with E-state index in [-0.39, 0.29) is 36.2 Å². The van der Waals surface area contributed by atoms with Gasteiger partial charge >= 0.3 is 0 Å². The van der Waals surface area contributed by atoms with Crippen LogP contribution < -0.4 is 5.32 Å². The molecule has 1 N–H and O–H groups in total. The van der Waals surface area contributed by atoms with E-state index < -0.39 is 12.1 Å². The highest BCUT2D eigenvalue weighted by atomic mass is 16.5. The molecule has 34 heavy (non-hydrogen) atoms. The topological polar surface area (TPSA) is 79.0 Å². The molecule has 1 aromatic rings. The number of ketones is 1. The molecule has 1 saturated carbocycles. The second-order valence-corrected chi connectivity index (χ2v) is 10.6. The number of nitrogens with zero attached hydrogens (tertiary/aromatic N) is 2. The lowest BCUT2D eigenvalue weighted by molar-refractivity contribution is -0.139. The first kappa shape index (κ1) is 23.5. The maximum Gasteiger partial charge on any atom is 0.251 e. The number of likely N-dealkylation sites (tertiary alicyclic amines) is 2. The molecule has 1 aliphatic carbocycles. The monoisotopic (exact) mass is 467 g/mol. The molecule has 2 amide bonds. The summed E-state index contributed by atoms with van der Waals surface area (Å²) in [5.41, 5.74) is 1.87. The van der Waals surface area contributed by atoms with E-state index in [9.17, 15) is 14.4 Å². The smallest absolute Gasteiger partial charge is 0.251 e. The van der Waals surface area contributed by atoms with Crippen molar-refractivity contribution >= 4 is 17.6 Å². The van der Waals surface area contributed by atoms with Crippen LogP contribution in [-0.4, -0.2) is 78.9 Å². The van der Waals surface area contributed by atoms with E-state index in [0.29, 0.717) is 24.4 Å². The number of hydrogen-bond donors (Lipinski definition) is 1. The van der Waals surface area contributed by atoms with Gasteiger partial charge in [-0.05, 0) is 81.8 Å². The molecular weight excluding hydrogens is 430 g/mol. The first-order valence-electron chi connectivity index (χ1n) is 13.1. The molecule has 0 unspecified atom stereocenters. The van der Waals surface area contributed by atoms with Crippen molar-refractivity contribution in [3.63, 3.8) is 0 Å². The predicted molar refractivity (Wildman–Crippen MR) is 129 cm³/mol. The third-order valence-corrected chi connectivity index (χ3v) is 8.43. The fraction of sp³-hybridized carbons (Fsp3) is 0.667. The van der Waals surface area contributed by atoms with Crippen LogP contribution in [0.5, 0.6) is 0 Å². The lowest BCUT2D eigenvalue weighted by Crippen LogP contribution is -2.55. The minimum Gasteiger partial charge on any atom is -0.368 e. The van der Waals surface area contributed by atoms with Gasteiger partial charge in [0.1, 0.15) is 18.7 Å². The van der Waals surface area contributed by atoms with Crippen molar-refractivity contribution in [2.75, 3.05) is 33.3 Å². The number of ether oxygens (including phenoxy) is 1. The van der Waals surface area contributed by atoms with Crippen LogP contribution in [0.1, 0.15) is 73.2 Å². The van der Waals surface area contributed by atoms with Crippen LogP contribution >= 0.6 is 0 Å². The highest BCUT2D eigenvalue weighted by molar-refractivity contribution is 5.99. The lowest BCUT2D eigenvalue weighted by Gasteiger charge is -2.34. The summed E-state index contributed by atoms with van der Waals surface area (Å²) in [4.78, 5) is 43.4. The van der Waals surface area contributed by atoms with Crippen molar-refractivity contribution in [1.29, 1.82) is 0 Å². The number of nitrogens with one attached hydrogen (secondary N) is 1. The summed E-state index contributed by atoms with van der Waals surface area (Å²) in [5.74, 6) is 0.312. The van der Waals surface area contributed by atoms with Gasteiger partial charge in [-0.2, -0.15) is 0 Å². The number of benzene rings is 1. The summed E-state index contributed by atoms with van der Waals surface area (Å²) < 4.78 is 5.58. The van der Waals surface area contributed by atoms with Gasteiger partial charge in [0.25, 0.3) is 5.91 Å². The van der Waals surface area contributed by atoms with E-state index in [4.69, 9.17) is 4.74 Å². The highest BCUT2D eigenvalue weighted by Gasteiger charge is 2.49. The minimum atomic E-state index is -0.589.